The van der Waals surface area contributed by atoms with Gasteiger partial charge in [0.1, 0.15) is 11.5 Å². The fraction of sp³-hybridized carbons (Fsp3) is 0.333. The molecule has 0 N–H and O–H groups in total. The number of hydrogen-bond donors (Lipinski definition) is 0. The quantitative estimate of drug-likeness (QED) is 0.294. The number of esters is 2. The van der Waals surface area contributed by atoms with E-state index in [-0.39, 0.29) is 5.41 Å². The second-order valence-corrected chi connectivity index (χ2v) is 9.10. The number of carbonyl (C=O) groups excluding carboxylic acids is 2. The van der Waals surface area contributed by atoms with Gasteiger partial charge in [-0.25, -0.2) is 9.59 Å². The molecule has 31 heavy (non-hydrogen) atoms. The standard InChI is InChI=1S/C27H32O4/c1-18(2)25(28)30-23-12-8-20(9-13-23)16-22(27(5,6)7)17-21-10-14-24(15-11-21)31-26(29)19(3)4/h8-15,22H,1,3,16-17H2,2,4-7H3. The largest absolute Gasteiger partial charge is 0.423 e. The minimum atomic E-state index is -0.419. The van der Waals surface area contributed by atoms with Crippen LogP contribution in [0.3, 0.4) is 0 Å². The molecule has 0 aromatic heterocycles. The second kappa shape index (κ2) is 10.3. The molecule has 0 aliphatic heterocycles. The van der Waals surface area contributed by atoms with Gasteiger partial charge in [0.2, 0.25) is 0 Å². The lowest BCUT2D eigenvalue weighted by molar-refractivity contribution is -0.130. The van der Waals surface area contributed by atoms with Crippen LogP contribution >= 0.6 is 0 Å². The molecule has 0 aliphatic rings. The van der Waals surface area contributed by atoms with Gasteiger partial charge in [0.25, 0.3) is 0 Å². The van der Waals surface area contributed by atoms with Crippen LogP contribution in [0.5, 0.6) is 11.5 Å². The summed E-state index contributed by atoms with van der Waals surface area (Å²) in [4.78, 5) is 23.3. The molecule has 2 aromatic rings. The highest BCUT2D eigenvalue weighted by Crippen LogP contribution is 2.33. The van der Waals surface area contributed by atoms with E-state index in [4.69, 9.17) is 9.47 Å². The Balaban J connectivity index is 2.07. The minimum Gasteiger partial charge on any atom is -0.423 e. The van der Waals surface area contributed by atoms with Gasteiger partial charge >= 0.3 is 11.9 Å². The number of rotatable bonds is 8. The summed E-state index contributed by atoms with van der Waals surface area (Å²) < 4.78 is 10.5. The van der Waals surface area contributed by atoms with E-state index < -0.39 is 11.9 Å². The van der Waals surface area contributed by atoms with Gasteiger partial charge < -0.3 is 9.47 Å². The van der Waals surface area contributed by atoms with E-state index in [1.54, 1.807) is 13.8 Å². The molecule has 2 rings (SSSR count). The molecule has 4 heteroatoms. The molecule has 0 aliphatic carbocycles. The third-order valence-corrected chi connectivity index (χ3v) is 5.15. The van der Waals surface area contributed by atoms with Gasteiger partial charge in [0.05, 0.1) is 0 Å². The zero-order valence-electron chi connectivity index (χ0n) is 19.2. The van der Waals surface area contributed by atoms with Crippen molar-refractivity contribution < 1.29 is 19.1 Å². The summed E-state index contributed by atoms with van der Waals surface area (Å²) >= 11 is 0. The highest BCUT2D eigenvalue weighted by molar-refractivity contribution is 5.89. The topological polar surface area (TPSA) is 52.6 Å². The summed E-state index contributed by atoms with van der Waals surface area (Å²) in [7, 11) is 0. The Morgan fingerprint density at radius 3 is 1.32 bits per heavy atom. The van der Waals surface area contributed by atoms with E-state index in [2.05, 4.69) is 33.9 Å². The first-order valence-corrected chi connectivity index (χ1v) is 10.4. The maximum Gasteiger partial charge on any atom is 0.338 e. The van der Waals surface area contributed by atoms with Crippen molar-refractivity contribution in [2.45, 2.75) is 47.5 Å². The number of carbonyl (C=O) groups is 2. The monoisotopic (exact) mass is 420 g/mol. The van der Waals surface area contributed by atoms with Crippen LogP contribution in [-0.2, 0) is 22.4 Å². The molecule has 0 amide bonds. The predicted octanol–water partition coefficient (Wildman–Crippen LogP) is 6.10. The molecule has 4 nitrogen and oxygen atoms in total. The van der Waals surface area contributed by atoms with Gasteiger partial charge in [-0.2, -0.15) is 0 Å². The maximum absolute atomic E-state index is 11.7. The molecule has 0 spiro atoms. The van der Waals surface area contributed by atoms with Crippen molar-refractivity contribution in [2.75, 3.05) is 0 Å². The van der Waals surface area contributed by atoms with E-state index in [1.807, 2.05) is 48.5 Å². The van der Waals surface area contributed by atoms with Crippen molar-refractivity contribution >= 4 is 11.9 Å². The van der Waals surface area contributed by atoms with Crippen LogP contribution in [0.25, 0.3) is 0 Å². The van der Waals surface area contributed by atoms with Gasteiger partial charge in [0, 0.05) is 11.1 Å². The molecule has 0 saturated heterocycles. The average Bonchev–Trinajstić information content (AvgIpc) is 2.69. The van der Waals surface area contributed by atoms with Gasteiger partial charge in [0.15, 0.2) is 0 Å². The number of hydrogen-bond acceptors (Lipinski definition) is 4. The minimum absolute atomic E-state index is 0.0934. The highest BCUT2D eigenvalue weighted by Gasteiger charge is 2.25. The van der Waals surface area contributed by atoms with Crippen molar-refractivity contribution in [1.29, 1.82) is 0 Å². The van der Waals surface area contributed by atoms with Crippen LogP contribution < -0.4 is 9.47 Å². The Morgan fingerprint density at radius 1 is 0.742 bits per heavy atom. The third-order valence-electron chi connectivity index (χ3n) is 5.15. The first kappa shape index (κ1) is 24.1. The maximum atomic E-state index is 11.7. The molecule has 0 bridgehead atoms. The summed E-state index contributed by atoms with van der Waals surface area (Å²) in [5.41, 5.74) is 3.20. The Bertz CT molecular complexity index is 871. The fourth-order valence-corrected chi connectivity index (χ4v) is 3.03. The van der Waals surface area contributed by atoms with Crippen LogP contribution in [0.4, 0.5) is 0 Å². The molecule has 0 fully saturated rings. The molecular formula is C27H32O4. The average molecular weight is 421 g/mol. The smallest absolute Gasteiger partial charge is 0.338 e. The van der Waals surface area contributed by atoms with Crippen LogP contribution in [0, 0.1) is 11.3 Å². The number of benzene rings is 2. The lowest BCUT2D eigenvalue weighted by atomic mass is 9.74. The van der Waals surface area contributed by atoms with E-state index in [9.17, 15) is 9.59 Å². The first-order chi connectivity index (χ1) is 14.5. The van der Waals surface area contributed by atoms with Gasteiger partial charge in [-0.3, -0.25) is 0 Å². The van der Waals surface area contributed by atoms with Crippen molar-refractivity contribution in [3.05, 3.63) is 84.0 Å². The third kappa shape index (κ3) is 7.56. The van der Waals surface area contributed by atoms with E-state index in [1.165, 1.54) is 11.1 Å². The molecule has 164 valence electrons. The molecule has 0 heterocycles. The zero-order valence-corrected chi connectivity index (χ0v) is 19.2. The second-order valence-electron chi connectivity index (χ2n) is 9.10. The van der Waals surface area contributed by atoms with Gasteiger partial charge in [-0.1, -0.05) is 58.2 Å². The van der Waals surface area contributed by atoms with Crippen LogP contribution in [0.15, 0.2) is 72.8 Å². The van der Waals surface area contributed by atoms with Crippen molar-refractivity contribution in [2.24, 2.45) is 11.3 Å². The molecule has 0 saturated carbocycles. The Morgan fingerprint density at radius 2 is 1.06 bits per heavy atom. The first-order valence-electron chi connectivity index (χ1n) is 10.4. The lowest BCUT2D eigenvalue weighted by Gasteiger charge is -2.31. The Kier molecular flexibility index (Phi) is 7.98. The normalized spacial score (nSPS) is 11.2. The zero-order chi connectivity index (χ0) is 23.2. The lowest BCUT2D eigenvalue weighted by Crippen LogP contribution is -2.25. The Labute approximate surface area is 185 Å². The van der Waals surface area contributed by atoms with Crippen LogP contribution in [0.2, 0.25) is 0 Å². The molecule has 0 atom stereocenters. The fourth-order valence-electron chi connectivity index (χ4n) is 3.03. The summed E-state index contributed by atoms with van der Waals surface area (Å²) in [6, 6.07) is 15.3. The molecule has 0 radical (unpaired) electrons. The van der Waals surface area contributed by atoms with Crippen LogP contribution in [-0.4, -0.2) is 11.9 Å². The van der Waals surface area contributed by atoms with Crippen LogP contribution in [0.1, 0.15) is 45.7 Å². The summed E-state index contributed by atoms with van der Waals surface area (Å²) in [5.74, 6) is 0.587. The summed E-state index contributed by atoms with van der Waals surface area (Å²) in [5, 5.41) is 0. The predicted molar refractivity (Wildman–Crippen MR) is 124 cm³/mol. The number of ether oxygens (including phenoxy) is 2. The van der Waals surface area contributed by atoms with E-state index >= 15 is 0 Å². The van der Waals surface area contributed by atoms with Crippen molar-refractivity contribution in [1.82, 2.24) is 0 Å². The van der Waals surface area contributed by atoms with E-state index in [0.717, 1.165) is 12.8 Å². The summed E-state index contributed by atoms with van der Waals surface area (Å²) in [6.45, 7) is 17.2. The van der Waals surface area contributed by atoms with E-state index in [0.29, 0.717) is 28.6 Å². The highest BCUT2D eigenvalue weighted by atomic mass is 16.5. The Hall–Kier alpha value is -3.14. The SMILES string of the molecule is C=C(C)C(=O)Oc1ccc(CC(Cc2ccc(OC(=O)C(=C)C)cc2)C(C)(C)C)cc1. The summed E-state index contributed by atoms with van der Waals surface area (Å²) in [6.07, 6.45) is 1.79. The van der Waals surface area contributed by atoms with Gasteiger partial charge in [-0.15, -0.1) is 0 Å². The molecular weight excluding hydrogens is 388 g/mol. The molecule has 0 unspecified atom stereocenters. The van der Waals surface area contributed by atoms with Crippen molar-refractivity contribution in [3.63, 3.8) is 0 Å². The van der Waals surface area contributed by atoms with Crippen molar-refractivity contribution in [3.8, 4) is 11.5 Å². The van der Waals surface area contributed by atoms with Gasteiger partial charge in [-0.05, 0) is 73.4 Å². The molecule has 2 aromatic carbocycles.